The summed E-state index contributed by atoms with van der Waals surface area (Å²) in [5.74, 6) is 0.640. The molecule has 1 rings (SSSR count). The largest absolute Gasteiger partial charge is 0.491 e. The Balaban J connectivity index is 2.72. The van der Waals surface area contributed by atoms with Crippen LogP contribution in [-0.4, -0.2) is 53.5 Å². The van der Waals surface area contributed by atoms with Crippen LogP contribution in [0.1, 0.15) is 31.9 Å². The molecule has 0 saturated carbocycles. The highest BCUT2D eigenvalue weighted by Crippen LogP contribution is 2.20. The van der Waals surface area contributed by atoms with Gasteiger partial charge in [-0.05, 0) is 44.0 Å². The lowest BCUT2D eigenvalue weighted by Crippen LogP contribution is -2.14. The number of ether oxygens (including phenoxy) is 3. The van der Waals surface area contributed by atoms with E-state index in [0.29, 0.717) is 19.0 Å². The molecule has 3 N–H and O–H groups in total. The molecule has 0 radical (unpaired) electrons. The molecule has 0 bridgehead atoms. The van der Waals surface area contributed by atoms with Gasteiger partial charge in [-0.1, -0.05) is 6.07 Å². The number of rotatable bonds is 11. The van der Waals surface area contributed by atoms with E-state index >= 15 is 0 Å². The van der Waals surface area contributed by atoms with Gasteiger partial charge in [-0.2, -0.15) is 0 Å². The monoisotopic (exact) mass is 328 g/mol. The molecule has 23 heavy (non-hydrogen) atoms. The lowest BCUT2D eigenvalue weighted by atomic mass is 10.1. The fourth-order valence-electron chi connectivity index (χ4n) is 1.86. The van der Waals surface area contributed by atoms with Gasteiger partial charge in [0, 0.05) is 0 Å². The molecule has 3 unspecified atom stereocenters. The first-order valence-corrected chi connectivity index (χ1v) is 7.82. The average Bonchev–Trinajstić information content (AvgIpc) is 2.46. The molecular weight excluding hydrogens is 300 g/mol. The van der Waals surface area contributed by atoms with Crippen molar-refractivity contribution in [3.05, 3.63) is 29.3 Å². The van der Waals surface area contributed by atoms with E-state index in [-0.39, 0.29) is 19.8 Å². The van der Waals surface area contributed by atoms with Gasteiger partial charge in [-0.15, -0.1) is 0 Å². The van der Waals surface area contributed by atoms with E-state index in [4.69, 9.17) is 14.2 Å². The van der Waals surface area contributed by atoms with E-state index in [0.717, 1.165) is 11.1 Å². The summed E-state index contributed by atoms with van der Waals surface area (Å²) in [4.78, 5) is 0. The van der Waals surface area contributed by atoms with E-state index in [1.807, 2.05) is 18.2 Å². The second-order valence-electron chi connectivity index (χ2n) is 5.82. The van der Waals surface area contributed by atoms with Gasteiger partial charge in [-0.25, -0.2) is 0 Å². The maximum atomic E-state index is 9.29. The predicted octanol–water partition coefficient (Wildman–Crippen LogP) is 1.24. The fourth-order valence-corrected chi connectivity index (χ4v) is 1.86. The predicted molar refractivity (Wildman–Crippen MR) is 86.3 cm³/mol. The lowest BCUT2D eigenvalue weighted by molar-refractivity contribution is 0.0298. The zero-order valence-electron chi connectivity index (χ0n) is 14.1. The fraction of sp³-hybridized carbons (Fsp3) is 0.647. The van der Waals surface area contributed by atoms with Crippen molar-refractivity contribution < 1.29 is 29.5 Å². The van der Waals surface area contributed by atoms with Crippen LogP contribution in [0.2, 0.25) is 0 Å². The third-order valence-electron chi connectivity index (χ3n) is 2.90. The normalized spacial score (nSPS) is 15.2. The van der Waals surface area contributed by atoms with Crippen LogP contribution in [0.25, 0.3) is 0 Å². The Morgan fingerprint density at radius 2 is 1.30 bits per heavy atom. The van der Waals surface area contributed by atoms with Crippen molar-refractivity contribution in [2.45, 2.75) is 52.3 Å². The highest BCUT2D eigenvalue weighted by atomic mass is 16.5. The first kappa shape index (κ1) is 19.9. The smallest absolute Gasteiger partial charge is 0.119 e. The molecule has 6 heteroatoms. The minimum absolute atomic E-state index is 0.214. The standard InChI is InChI=1S/C17H28O6/c1-12(18)7-21-10-15-4-5-17(23-9-14(3)20)6-16(15)11-22-8-13(2)19/h4-6,12-14,18-20H,7-11H2,1-3H3. The van der Waals surface area contributed by atoms with Crippen LogP contribution >= 0.6 is 0 Å². The molecule has 6 nitrogen and oxygen atoms in total. The summed E-state index contributed by atoms with van der Waals surface area (Å²) in [7, 11) is 0. The zero-order valence-corrected chi connectivity index (χ0v) is 14.1. The maximum absolute atomic E-state index is 9.29. The summed E-state index contributed by atoms with van der Waals surface area (Å²) in [5, 5.41) is 27.8. The van der Waals surface area contributed by atoms with Crippen LogP contribution in [0.4, 0.5) is 0 Å². The average molecular weight is 328 g/mol. The topological polar surface area (TPSA) is 88.4 Å². The number of hydrogen-bond donors (Lipinski definition) is 3. The van der Waals surface area contributed by atoms with Crippen LogP contribution < -0.4 is 4.74 Å². The molecule has 3 atom stereocenters. The Bertz CT molecular complexity index is 445. The minimum Gasteiger partial charge on any atom is -0.491 e. The highest BCUT2D eigenvalue weighted by Gasteiger charge is 2.08. The Morgan fingerprint density at radius 1 is 0.783 bits per heavy atom. The number of hydrogen-bond acceptors (Lipinski definition) is 6. The first-order chi connectivity index (χ1) is 10.9. The Kier molecular flexibility index (Phi) is 9.13. The quantitative estimate of drug-likeness (QED) is 0.566. The van der Waals surface area contributed by atoms with Crippen molar-refractivity contribution >= 4 is 0 Å². The van der Waals surface area contributed by atoms with Crippen molar-refractivity contribution in [2.75, 3.05) is 19.8 Å². The van der Waals surface area contributed by atoms with Gasteiger partial charge in [0.05, 0.1) is 44.7 Å². The number of aliphatic hydroxyl groups excluding tert-OH is 3. The van der Waals surface area contributed by atoms with Gasteiger partial charge in [0.25, 0.3) is 0 Å². The summed E-state index contributed by atoms with van der Waals surface area (Å²) in [6, 6.07) is 5.52. The van der Waals surface area contributed by atoms with Gasteiger partial charge in [-0.3, -0.25) is 0 Å². The molecule has 1 aromatic carbocycles. The Hall–Kier alpha value is -1.18. The van der Waals surface area contributed by atoms with Crippen LogP contribution in [0.5, 0.6) is 5.75 Å². The third kappa shape index (κ3) is 8.88. The molecule has 132 valence electrons. The first-order valence-electron chi connectivity index (χ1n) is 7.82. The summed E-state index contributed by atoms with van der Waals surface area (Å²) in [6.07, 6.45) is -1.59. The van der Waals surface area contributed by atoms with Gasteiger partial charge < -0.3 is 29.5 Å². The SMILES string of the molecule is CC(O)COCc1ccc(OCC(C)O)cc1COCC(C)O. The van der Waals surface area contributed by atoms with Crippen molar-refractivity contribution in [2.24, 2.45) is 0 Å². The van der Waals surface area contributed by atoms with Crippen LogP contribution in [0.15, 0.2) is 18.2 Å². The second-order valence-corrected chi connectivity index (χ2v) is 5.82. The zero-order chi connectivity index (χ0) is 17.2. The van der Waals surface area contributed by atoms with Crippen molar-refractivity contribution in [3.63, 3.8) is 0 Å². The van der Waals surface area contributed by atoms with Crippen LogP contribution in [-0.2, 0) is 22.7 Å². The molecule has 0 spiro atoms. The van der Waals surface area contributed by atoms with Gasteiger partial charge in [0.1, 0.15) is 12.4 Å². The van der Waals surface area contributed by atoms with E-state index < -0.39 is 18.3 Å². The van der Waals surface area contributed by atoms with Crippen LogP contribution in [0.3, 0.4) is 0 Å². The number of benzene rings is 1. The van der Waals surface area contributed by atoms with Gasteiger partial charge in [0.15, 0.2) is 0 Å². The lowest BCUT2D eigenvalue weighted by Gasteiger charge is -2.15. The Morgan fingerprint density at radius 3 is 1.83 bits per heavy atom. The highest BCUT2D eigenvalue weighted by molar-refractivity contribution is 5.35. The summed E-state index contributed by atoms with van der Waals surface area (Å²) >= 11 is 0. The molecule has 0 aliphatic rings. The van der Waals surface area contributed by atoms with E-state index in [9.17, 15) is 15.3 Å². The summed E-state index contributed by atoms with van der Waals surface area (Å²) in [6.45, 7) is 6.38. The maximum Gasteiger partial charge on any atom is 0.119 e. The molecule has 0 heterocycles. The molecular formula is C17H28O6. The van der Waals surface area contributed by atoms with E-state index in [1.54, 1.807) is 20.8 Å². The molecule has 0 aliphatic carbocycles. The molecule has 0 saturated heterocycles. The molecule has 0 aromatic heterocycles. The summed E-state index contributed by atoms with van der Waals surface area (Å²) in [5.41, 5.74) is 1.82. The van der Waals surface area contributed by atoms with Crippen molar-refractivity contribution in [1.29, 1.82) is 0 Å². The van der Waals surface area contributed by atoms with Gasteiger partial charge in [0.2, 0.25) is 0 Å². The minimum atomic E-state index is -0.543. The van der Waals surface area contributed by atoms with Crippen LogP contribution in [0, 0.1) is 0 Å². The third-order valence-corrected chi connectivity index (χ3v) is 2.90. The second kappa shape index (κ2) is 10.6. The molecule has 0 amide bonds. The van der Waals surface area contributed by atoms with E-state index in [2.05, 4.69) is 0 Å². The molecule has 1 aromatic rings. The molecule has 0 fully saturated rings. The Labute approximate surface area is 137 Å². The van der Waals surface area contributed by atoms with Gasteiger partial charge >= 0.3 is 0 Å². The number of aliphatic hydroxyl groups is 3. The van der Waals surface area contributed by atoms with Crippen molar-refractivity contribution in [3.8, 4) is 5.75 Å². The molecule has 0 aliphatic heterocycles. The summed E-state index contributed by atoms with van der Waals surface area (Å²) < 4.78 is 16.4. The van der Waals surface area contributed by atoms with E-state index in [1.165, 1.54) is 0 Å². The van der Waals surface area contributed by atoms with Crippen molar-refractivity contribution in [1.82, 2.24) is 0 Å².